The van der Waals surface area contributed by atoms with Crippen LogP contribution in [-0.4, -0.2) is 72.3 Å². The van der Waals surface area contributed by atoms with Gasteiger partial charge in [0.25, 0.3) is 0 Å². The number of carbonyl (C=O) groups is 2. The fourth-order valence-electron chi connectivity index (χ4n) is 2.33. The molecule has 1 aliphatic rings. The Bertz CT molecular complexity index is 358. The van der Waals surface area contributed by atoms with Crippen molar-refractivity contribution in [2.24, 2.45) is 0 Å². The van der Waals surface area contributed by atoms with E-state index in [1.807, 2.05) is 4.90 Å². The van der Waals surface area contributed by atoms with Crippen LogP contribution in [0.1, 0.15) is 13.3 Å². The van der Waals surface area contributed by atoms with E-state index in [1.54, 1.807) is 24.0 Å². The van der Waals surface area contributed by atoms with Crippen LogP contribution in [0.2, 0.25) is 0 Å². The largest absolute Gasteiger partial charge is 0.342 e. The molecule has 0 N–H and O–H groups in total. The first-order chi connectivity index (χ1) is 9.58. The maximum Gasteiger partial charge on any atom is 0.237 e. The average molecular weight is 279 g/mol. The Hall–Kier alpha value is -1.62. The number of hydrogen-bond acceptors (Lipinski definition) is 3. The number of amides is 2. The number of rotatable bonds is 6. The van der Waals surface area contributed by atoms with E-state index in [1.165, 1.54) is 0 Å². The monoisotopic (exact) mass is 279 g/mol. The van der Waals surface area contributed by atoms with E-state index in [4.69, 9.17) is 0 Å². The summed E-state index contributed by atoms with van der Waals surface area (Å²) in [6.45, 7) is 13.5. The van der Waals surface area contributed by atoms with Crippen LogP contribution >= 0.6 is 0 Å². The highest BCUT2D eigenvalue weighted by atomic mass is 16.2. The summed E-state index contributed by atoms with van der Waals surface area (Å²) in [6.07, 6.45) is 4.36. The Balaban J connectivity index is 2.50. The zero-order chi connectivity index (χ0) is 15.0. The summed E-state index contributed by atoms with van der Waals surface area (Å²) in [5.74, 6) is 0.194. The third kappa shape index (κ3) is 5.17. The molecule has 0 aromatic carbocycles. The highest BCUT2D eigenvalue weighted by Crippen LogP contribution is 2.04. The van der Waals surface area contributed by atoms with Gasteiger partial charge in [-0.05, 0) is 6.42 Å². The Kier molecular flexibility index (Phi) is 7.01. The van der Waals surface area contributed by atoms with E-state index < -0.39 is 0 Å². The quantitative estimate of drug-likeness (QED) is 0.674. The van der Waals surface area contributed by atoms with E-state index >= 15 is 0 Å². The van der Waals surface area contributed by atoms with Crippen molar-refractivity contribution in [2.75, 3.05) is 45.8 Å². The van der Waals surface area contributed by atoms with Gasteiger partial charge in [-0.25, -0.2) is 0 Å². The normalized spacial score (nSPS) is 16.4. The first-order valence-corrected chi connectivity index (χ1v) is 7.06. The van der Waals surface area contributed by atoms with Gasteiger partial charge < -0.3 is 9.80 Å². The van der Waals surface area contributed by atoms with Crippen LogP contribution in [0.4, 0.5) is 0 Å². The molecular weight excluding hydrogens is 254 g/mol. The second kappa shape index (κ2) is 8.53. The van der Waals surface area contributed by atoms with Crippen LogP contribution in [-0.2, 0) is 9.59 Å². The molecule has 0 unspecified atom stereocenters. The summed E-state index contributed by atoms with van der Waals surface area (Å²) < 4.78 is 0. The van der Waals surface area contributed by atoms with Gasteiger partial charge in [0.1, 0.15) is 0 Å². The maximum absolute atomic E-state index is 12.2. The van der Waals surface area contributed by atoms with Crippen LogP contribution in [0, 0.1) is 0 Å². The SMILES string of the molecule is C=CCN(CC=C)C(=O)CN1CCCN(C(C)=O)CC1. The standard InChI is InChI=1S/C15H25N3O2/c1-4-7-18(8-5-2)15(20)13-16-9-6-10-17(12-11-16)14(3)19/h4-5H,1-2,6-13H2,3H3. The molecule has 1 heterocycles. The van der Waals surface area contributed by atoms with Crippen molar-refractivity contribution in [1.29, 1.82) is 0 Å². The van der Waals surface area contributed by atoms with E-state index in [0.29, 0.717) is 26.2 Å². The molecule has 5 nitrogen and oxygen atoms in total. The molecule has 0 radical (unpaired) electrons. The van der Waals surface area contributed by atoms with Gasteiger partial charge in [0.2, 0.25) is 11.8 Å². The van der Waals surface area contributed by atoms with E-state index in [2.05, 4.69) is 18.1 Å². The van der Waals surface area contributed by atoms with Gasteiger partial charge in [-0.1, -0.05) is 12.2 Å². The molecule has 1 fully saturated rings. The molecule has 2 amide bonds. The fourth-order valence-corrected chi connectivity index (χ4v) is 2.33. The van der Waals surface area contributed by atoms with Crippen molar-refractivity contribution in [1.82, 2.24) is 14.7 Å². The van der Waals surface area contributed by atoms with Gasteiger partial charge in [0.05, 0.1) is 6.54 Å². The summed E-state index contributed by atoms with van der Waals surface area (Å²) in [5, 5.41) is 0. The van der Waals surface area contributed by atoms with Crippen molar-refractivity contribution in [3.8, 4) is 0 Å². The van der Waals surface area contributed by atoms with Gasteiger partial charge in [0, 0.05) is 46.2 Å². The summed E-state index contributed by atoms with van der Waals surface area (Å²) in [6, 6.07) is 0. The maximum atomic E-state index is 12.2. The Morgan fingerprint density at radius 2 is 1.75 bits per heavy atom. The molecule has 0 aromatic heterocycles. The minimum absolute atomic E-state index is 0.0843. The highest BCUT2D eigenvalue weighted by molar-refractivity contribution is 5.78. The summed E-state index contributed by atoms with van der Waals surface area (Å²) in [4.78, 5) is 29.3. The summed E-state index contributed by atoms with van der Waals surface area (Å²) >= 11 is 0. The summed E-state index contributed by atoms with van der Waals surface area (Å²) in [7, 11) is 0. The minimum Gasteiger partial charge on any atom is -0.342 e. The molecule has 1 saturated heterocycles. The van der Waals surface area contributed by atoms with Gasteiger partial charge in [-0.2, -0.15) is 0 Å². The lowest BCUT2D eigenvalue weighted by Gasteiger charge is -2.25. The first kappa shape index (κ1) is 16.4. The van der Waals surface area contributed by atoms with Gasteiger partial charge in [0.15, 0.2) is 0 Å². The molecule has 0 atom stereocenters. The van der Waals surface area contributed by atoms with Crippen LogP contribution < -0.4 is 0 Å². The van der Waals surface area contributed by atoms with Crippen molar-refractivity contribution >= 4 is 11.8 Å². The van der Waals surface area contributed by atoms with E-state index in [-0.39, 0.29) is 11.8 Å². The first-order valence-electron chi connectivity index (χ1n) is 7.06. The number of carbonyl (C=O) groups excluding carboxylic acids is 2. The molecular formula is C15H25N3O2. The van der Waals surface area contributed by atoms with Crippen molar-refractivity contribution in [2.45, 2.75) is 13.3 Å². The molecule has 0 aliphatic carbocycles. The van der Waals surface area contributed by atoms with Crippen LogP contribution in [0.3, 0.4) is 0 Å². The predicted octanol–water partition coefficient (Wildman–Crippen LogP) is 0.741. The molecule has 1 aliphatic heterocycles. The fraction of sp³-hybridized carbons (Fsp3) is 0.600. The number of hydrogen-bond donors (Lipinski definition) is 0. The van der Waals surface area contributed by atoms with E-state index in [0.717, 1.165) is 26.1 Å². The van der Waals surface area contributed by atoms with Crippen molar-refractivity contribution in [3.05, 3.63) is 25.3 Å². The molecule has 0 spiro atoms. The van der Waals surface area contributed by atoms with Crippen molar-refractivity contribution in [3.63, 3.8) is 0 Å². The van der Waals surface area contributed by atoms with Gasteiger partial charge >= 0.3 is 0 Å². The Labute approximate surface area is 121 Å². The molecule has 112 valence electrons. The summed E-state index contributed by atoms with van der Waals surface area (Å²) in [5.41, 5.74) is 0. The second-order valence-electron chi connectivity index (χ2n) is 5.01. The van der Waals surface area contributed by atoms with Gasteiger partial charge in [-0.3, -0.25) is 14.5 Å². The predicted molar refractivity (Wildman–Crippen MR) is 80.3 cm³/mol. The molecule has 1 rings (SSSR count). The van der Waals surface area contributed by atoms with Gasteiger partial charge in [-0.15, -0.1) is 13.2 Å². The minimum atomic E-state index is 0.0843. The number of nitrogens with zero attached hydrogens (tertiary/aromatic N) is 3. The van der Waals surface area contributed by atoms with Crippen LogP contribution in [0.15, 0.2) is 25.3 Å². The van der Waals surface area contributed by atoms with Crippen molar-refractivity contribution < 1.29 is 9.59 Å². The molecule has 5 heteroatoms. The van der Waals surface area contributed by atoms with E-state index in [9.17, 15) is 9.59 Å². The van der Waals surface area contributed by atoms with Crippen LogP contribution in [0.5, 0.6) is 0 Å². The zero-order valence-electron chi connectivity index (χ0n) is 12.4. The lowest BCUT2D eigenvalue weighted by molar-refractivity contribution is -0.131. The third-order valence-corrected chi connectivity index (χ3v) is 3.44. The third-order valence-electron chi connectivity index (χ3n) is 3.44. The molecule has 0 saturated carbocycles. The molecule has 0 aromatic rings. The lowest BCUT2D eigenvalue weighted by Crippen LogP contribution is -2.42. The second-order valence-corrected chi connectivity index (χ2v) is 5.01. The Morgan fingerprint density at radius 1 is 1.10 bits per heavy atom. The van der Waals surface area contributed by atoms with Crippen LogP contribution in [0.25, 0.3) is 0 Å². The zero-order valence-corrected chi connectivity index (χ0v) is 12.4. The molecule has 0 bridgehead atoms. The average Bonchev–Trinajstić information content (AvgIpc) is 2.64. The lowest BCUT2D eigenvalue weighted by atomic mass is 10.3. The smallest absolute Gasteiger partial charge is 0.237 e. The Morgan fingerprint density at radius 3 is 2.30 bits per heavy atom. The molecule has 20 heavy (non-hydrogen) atoms. The highest BCUT2D eigenvalue weighted by Gasteiger charge is 2.20. The topological polar surface area (TPSA) is 43.9 Å².